The molecule has 1 aliphatic rings. The van der Waals surface area contributed by atoms with E-state index < -0.39 is 12.0 Å². The summed E-state index contributed by atoms with van der Waals surface area (Å²) in [4.78, 5) is 8.97. The van der Waals surface area contributed by atoms with E-state index >= 15 is 0 Å². The van der Waals surface area contributed by atoms with Gasteiger partial charge in [0.05, 0.1) is 0 Å². The first-order chi connectivity index (χ1) is 8.45. The predicted molar refractivity (Wildman–Crippen MR) is 62.6 cm³/mol. The normalized spacial score (nSPS) is 15.6. The molecule has 4 nitrogen and oxygen atoms in total. The third-order valence-corrected chi connectivity index (χ3v) is 2.84. The summed E-state index contributed by atoms with van der Waals surface area (Å²) in [7, 11) is 1.54. The van der Waals surface area contributed by atoms with Crippen molar-refractivity contribution in [2.45, 2.75) is 32.0 Å². The zero-order valence-corrected chi connectivity index (χ0v) is 10.3. The minimum Gasteiger partial charge on any atom is -0.373 e. The number of anilines is 2. The standard InChI is InChI=1S/C11H15F3N4/c1-3-18(7-4-5-7)9-6-8(15-2)16-10(17-9)11(12,13)14/h6-7H,3-5H2,1-2H3,(H,15,16,17). The lowest BCUT2D eigenvalue weighted by Crippen LogP contribution is -2.27. The summed E-state index contributed by atoms with van der Waals surface area (Å²) < 4.78 is 38.1. The summed E-state index contributed by atoms with van der Waals surface area (Å²) in [6.07, 6.45) is -2.51. The lowest BCUT2D eigenvalue weighted by atomic mass is 10.4. The fourth-order valence-corrected chi connectivity index (χ4v) is 1.83. The van der Waals surface area contributed by atoms with Crippen LogP contribution in [0.3, 0.4) is 0 Å². The first-order valence-corrected chi connectivity index (χ1v) is 5.86. The molecule has 0 aliphatic heterocycles. The zero-order chi connectivity index (χ0) is 13.3. The second-order valence-corrected chi connectivity index (χ2v) is 4.20. The molecule has 1 N–H and O–H groups in total. The van der Waals surface area contributed by atoms with Gasteiger partial charge < -0.3 is 10.2 Å². The van der Waals surface area contributed by atoms with Gasteiger partial charge in [0.15, 0.2) is 0 Å². The molecule has 1 aliphatic carbocycles. The van der Waals surface area contributed by atoms with Crippen molar-refractivity contribution in [3.63, 3.8) is 0 Å². The lowest BCUT2D eigenvalue weighted by molar-refractivity contribution is -0.144. The average Bonchev–Trinajstić information content (AvgIpc) is 3.13. The van der Waals surface area contributed by atoms with Crippen LogP contribution in [-0.4, -0.2) is 29.6 Å². The minimum absolute atomic E-state index is 0.187. The van der Waals surface area contributed by atoms with Crippen molar-refractivity contribution >= 4 is 11.6 Å². The highest BCUT2D eigenvalue weighted by Crippen LogP contribution is 2.33. The molecule has 0 unspecified atom stereocenters. The van der Waals surface area contributed by atoms with E-state index in [-0.39, 0.29) is 5.82 Å². The quantitative estimate of drug-likeness (QED) is 0.903. The fraction of sp³-hybridized carbons (Fsp3) is 0.636. The molecular weight excluding hydrogens is 245 g/mol. The van der Waals surface area contributed by atoms with Gasteiger partial charge in [0.1, 0.15) is 11.6 Å². The van der Waals surface area contributed by atoms with Gasteiger partial charge in [0.25, 0.3) is 0 Å². The van der Waals surface area contributed by atoms with Crippen molar-refractivity contribution in [3.8, 4) is 0 Å². The van der Waals surface area contributed by atoms with Crippen LogP contribution in [0.1, 0.15) is 25.6 Å². The summed E-state index contributed by atoms with van der Waals surface area (Å²) in [5.41, 5.74) is 0. The first kappa shape index (κ1) is 12.9. The Kier molecular flexibility index (Phi) is 3.32. The maximum Gasteiger partial charge on any atom is 0.451 e. The van der Waals surface area contributed by atoms with E-state index in [4.69, 9.17) is 0 Å². The van der Waals surface area contributed by atoms with Gasteiger partial charge >= 0.3 is 6.18 Å². The Morgan fingerprint density at radius 3 is 2.50 bits per heavy atom. The van der Waals surface area contributed by atoms with Crippen molar-refractivity contribution in [1.82, 2.24) is 9.97 Å². The molecule has 1 heterocycles. The van der Waals surface area contributed by atoms with Crippen LogP contribution in [-0.2, 0) is 6.18 Å². The molecule has 0 atom stereocenters. The van der Waals surface area contributed by atoms with Crippen LogP contribution in [0, 0.1) is 0 Å². The van der Waals surface area contributed by atoms with E-state index in [9.17, 15) is 13.2 Å². The summed E-state index contributed by atoms with van der Waals surface area (Å²) in [5.74, 6) is -0.568. The van der Waals surface area contributed by atoms with Crippen LogP contribution in [0.4, 0.5) is 24.8 Å². The van der Waals surface area contributed by atoms with Gasteiger partial charge in [-0.3, -0.25) is 0 Å². The molecule has 2 rings (SSSR count). The molecule has 18 heavy (non-hydrogen) atoms. The van der Waals surface area contributed by atoms with Crippen LogP contribution < -0.4 is 10.2 Å². The van der Waals surface area contributed by atoms with Crippen molar-refractivity contribution in [2.75, 3.05) is 23.8 Å². The maximum atomic E-state index is 12.7. The Hall–Kier alpha value is -1.53. The van der Waals surface area contributed by atoms with Crippen LogP contribution in [0.25, 0.3) is 0 Å². The molecule has 7 heteroatoms. The third kappa shape index (κ3) is 2.65. The van der Waals surface area contributed by atoms with Crippen molar-refractivity contribution in [1.29, 1.82) is 0 Å². The topological polar surface area (TPSA) is 41.0 Å². The number of nitrogens with one attached hydrogen (secondary N) is 1. The summed E-state index contributed by atoms with van der Waals surface area (Å²) >= 11 is 0. The molecule has 1 aromatic heterocycles. The van der Waals surface area contributed by atoms with Crippen LogP contribution in [0.5, 0.6) is 0 Å². The van der Waals surface area contributed by atoms with Crippen molar-refractivity contribution < 1.29 is 13.2 Å². The van der Waals surface area contributed by atoms with Crippen molar-refractivity contribution in [3.05, 3.63) is 11.9 Å². The third-order valence-electron chi connectivity index (χ3n) is 2.84. The summed E-state index contributed by atoms with van der Waals surface area (Å²) in [6, 6.07) is 1.87. The molecule has 1 saturated carbocycles. The summed E-state index contributed by atoms with van der Waals surface area (Å²) in [6.45, 7) is 2.55. The zero-order valence-electron chi connectivity index (χ0n) is 10.3. The molecule has 0 bridgehead atoms. The van der Waals surface area contributed by atoms with Gasteiger partial charge in [-0.15, -0.1) is 0 Å². The van der Waals surface area contributed by atoms with Crippen LogP contribution >= 0.6 is 0 Å². The number of halogens is 3. The van der Waals surface area contributed by atoms with Gasteiger partial charge in [0, 0.05) is 25.7 Å². The van der Waals surface area contributed by atoms with E-state index in [1.165, 1.54) is 0 Å². The fourth-order valence-electron chi connectivity index (χ4n) is 1.83. The molecule has 0 radical (unpaired) electrons. The Balaban J connectivity index is 2.39. The molecule has 0 aromatic carbocycles. The van der Waals surface area contributed by atoms with Gasteiger partial charge in [-0.2, -0.15) is 13.2 Å². The average molecular weight is 260 g/mol. The van der Waals surface area contributed by atoms with E-state index in [1.807, 2.05) is 11.8 Å². The Morgan fingerprint density at radius 1 is 1.39 bits per heavy atom. The second-order valence-electron chi connectivity index (χ2n) is 4.20. The number of hydrogen-bond donors (Lipinski definition) is 1. The van der Waals surface area contributed by atoms with Crippen molar-refractivity contribution in [2.24, 2.45) is 0 Å². The number of rotatable bonds is 4. The number of alkyl halides is 3. The largest absolute Gasteiger partial charge is 0.451 e. The summed E-state index contributed by atoms with van der Waals surface area (Å²) in [5, 5.41) is 2.64. The van der Waals surface area contributed by atoms with Gasteiger partial charge in [-0.1, -0.05) is 0 Å². The molecular formula is C11H15F3N4. The monoisotopic (exact) mass is 260 g/mol. The molecule has 1 aromatic rings. The Labute approximate surface area is 103 Å². The second kappa shape index (κ2) is 4.62. The highest BCUT2D eigenvalue weighted by molar-refractivity contribution is 5.50. The highest BCUT2D eigenvalue weighted by Gasteiger charge is 2.37. The predicted octanol–water partition coefficient (Wildman–Crippen LogP) is 2.53. The first-order valence-electron chi connectivity index (χ1n) is 5.86. The minimum atomic E-state index is -4.52. The van der Waals surface area contributed by atoms with E-state index in [0.29, 0.717) is 18.4 Å². The SMILES string of the molecule is CCN(c1cc(NC)nc(C(F)(F)F)n1)C1CC1. The number of aromatic nitrogens is 2. The van der Waals surface area contributed by atoms with Crippen LogP contribution in [0.15, 0.2) is 6.07 Å². The lowest BCUT2D eigenvalue weighted by Gasteiger charge is -2.22. The van der Waals surface area contributed by atoms with E-state index in [2.05, 4.69) is 15.3 Å². The van der Waals surface area contributed by atoms with Crippen LogP contribution in [0.2, 0.25) is 0 Å². The van der Waals surface area contributed by atoms with E-state index in [1.54, 1.807) is 13.1 Å². The molecule has 0 spiro atoms. The van der Waals surface area contributed by atoms with Gasteiger partial charge in [0.2, 0.25) is 5.82 Å². The molecule has 0 saturated heterocycles. The maximum absolute atomic E-state index is 12.7. The van der Waals surface area contributed by atoms with E-state index in [0.717, 1.165) is 12.8 Å². The highest BCUT2D eigenvalue weighted by atomic mass is 19.4. The number of hydrogen-bond acceptors (Lipinski definition) is 4. The molecule has 1 fully saturated rings. The van der Waals surface area contributed by atoms with Gasteiger partial charge in [-0.05, 0) is 19.8 Å². The smallest absolute Gasteiger partial charge is 0.373 e. The molecule has 100 valence electrons. The number of nitrogens with zero attached hydrogens (tertiary/aromatic N) is 3. The molecule has 0 amide bonds. The Bertz CT molecular complexity index is 429. The Morgan fingerprint density at radius 2 is 2.06 bits per heavy atom. The van der Waals surface area contributed by atoms with Gasteiger partial charge in [-0.25, -0.2) is 9.97 Å².